The highest BCUT2D eigenvalue weighted by molar-refractivity contribution is 9.10. The van der Waals surface area contributed by atoms with E-state index in [1.54, 1.807) is 7.11 Å². The lowest BCUT2D eigenvalue weighted by Crippen LogP contribution is -2.27. The third-order valence-corrected chi connectivity index (χ3v) is 4.16. The fourth-order valence-electron chi connectivity index (χ4n) is 2.49. The zero-order chi connectivity index (χ0) is 15.5. The molecule has 1 N–H and O–H groups in total. The number of hydrogen-bond donors (Lipinski definition) is 1. The number of rotatable bonds is 11. The summed E-state index contributed by atoms with van der Waals surface area (Å²) in [5.74, 6) is 1.42. The van der Waals surface area contributed by atoms with Crippen LogP contribution in [0.3, 0.4) is 0 Å². The molecule has 0 fully saturated rings. The van der Waals surface area contributed by atoms with E-state index in [4.69, 9.17) is 4.74 Å². The van der Waals surface area contributed by atoms with Crippen molar-refractivity contribution in [3.63, 3.8) is 0 Å². The minimum atomic E-state index is 0.710. The van der Waals surface area contributed by atoms with Crippen molar-refractivity contribution in [2.24, 2.45) is 11.8 Å². The summed E-state index contributed by atoms with van der Waals surface area (Å²) in [5.41, 5.74) is 1.43. The fourth-order valence-corrected chi connectivity index (χ4v) is 2.75. The Hall–Kier alpha value is -0.380. The van der Waals surface area contributed by atoms with Crippen LogP contribution < -0.4 is 5.32 Å². The molecule has 0 aliphatic rings. The maximum Gasteiger partial charge on any atom is 0.0462 e. The Kier molecular flexibility index (Phi) is 9.98. The second-order valence-corrected chi connectivity index (χ2v) is 7.15. The number of halogens is 1. The Labute approximate surface area is 138 Å². The molecule has 0 bridgehead atoms. The third kappa shape index (κ3) is 9.28. The number of methoxy groups -OCH3 is 1. The summed E-state index contributed by atoms with van der Waals surface area (Å²) >= 11 is 3.50. The Balaban J connectivity index is 2.43. The van der Waals surface area contributed by atoms with Crippen molar-refractivity contribution in [3.05, 3.63) is 34.3 Å². The first-order valence-electron chi connectivity index (χ1n) is 8.06. The van der Waals surface area contributed by atoms with E-state index in [-0.39, 0.29) is 0 Å². The van der Waals surface area contributed by atoms with Crippen molar-refractivity contribution in [2.75, 3.05) is 26.8 Å². The summed E-state index contributed by atoms with van der Waals surface area (Å²) in [6.45, 7) is 7.62. The lowest BCUT2D eigenvalue weighted by atomic mass is 9.94. The summed E-state index contributed by atoms with van der Waals surface area (Å²) in [6, 6.07) is 8.74. The van der Waals surface area contributed by atoms with Crippen molar-refractivity contribution in [2.45, 2.75) is 39.5 Å². The van der Waals surface area contributed by atoms with E-state index >= 15 is 0 Å². The number of benzene rings is 1. The largest absolute Gasteiger partial charge is 0.385 e. The van der Waals surface area contributed by atoms with Crippen LogP contribution in [-0.4, -0.2) is 26.8 Å². The van der Waals surface area contributed by atoms with Gasteiger partial charge < -0.3 is 10.1 Å². The van der Waals surface area contributed by atoms with Crippen molar-refractivity contribution in [3.8, 4) is 0 Å². The van der Waals surface area contributed by atoms with Gasteiger partial charge in [-0.05, 0) is 61.9 Å². The maximum atomic E-state index is 5.15. The van der Waals surface area contributed by atoms with Gasteiger partial charge in [0, 0.05) is 18.2 Å². The molecule has 120 valence electrons. The molecule has 1 unspecified atom stereocenters. The van der Waals surface area contributed by atoms with E-state index in [2.05, 4.69) is 59.4 Å². The van der Waals surface area contributed by atoms with Crippen LogP contribution in [0, 0.1) is 11.8 Å². The zero-order valence-corrected chi connectivity index (χ0v) is 15.3. The van der Waals surface area contributed by atoms with Crippen LogP contribution in [0.5, 0.6) is 0 Å². The van der Waals surface area contributed by atoms with E-state index in [9.17, 15) is 0 Å². The van der Waals surface area contributed by atoms with E-state index in [0.717, 1.165) is 37.0 Å². The molecule has 0 spiro atoms. The molecule has 1 aromatic carbocycles. The number of hydrogen-bond acceptors (Lipinski definition) is 2. The molecular weight excluding hydrogens is 326 g/mol. The third-order valence-electron chi connectivity index (χ3n) is 3.63. The van der Waals surface area contributed by atoms with Crippen LogP contribution >= 0.6 is 15.9 Å². The predicted molar refractivity (Wildman–Crippen MR) is 94.8 cm³/mol. The van der Waals surface area contributed by atoms with Gasteiger partial charge in [-0.1, -0.05) is 48.3 Å². The topological polar surface area (TPSA) is 21.3 Å². The summed E-state index contributed by atoms with van der Waals surface area (Å²) in [5, 5.41) is 3.62. The highest BCUT2D eigenvalue weighted by Crippen LogP contribution is 2.17. The van der Waals surface area contributed by atoms with Crippen molar-refractivity contribution < 1.29 is 4.74 Å². The molecular formula is C18H30BrNO. The van der Waals surface area contributed by atoms with Gasteiger partial charge in [-0.3, -0.25) is 0 Å². The van der Waals surface area contributed by atoms with Crippen LogP contribution in [0.25, 0.3) is 0 Å². The first-order valence-corrected chi connectivity index (χ1v) is 8.85. The van der Waals surface area contributed by atoms with Crippen LogP contribution in [0.2, 0.25) is 0 Å². The van der Waals surface area contributed by atoms with E-state index < -0.39 is 0 Å². The zero-order valence-electron chi connectivity index (χ0n) is 13.7. The molecule has 2 nitrogen and oxygen atoms in total. The molecule has 1 atom stereocenters. The predicted octanol–water partition coefficient (Wildman–Crippen LogP) is 4.67. The smallest absolute Gasteiger partial charge is 0.0462 e. The Bertz CT molecular complexity index is 364. The van der Waals surface area contributed by atoms with Gasteiger partial charge in [0.15, 0.2) is 0 Å². The van der Waals surface area contributed by atoms with Crippen LogP contribution in [-0.2, 0) is 11.2 Å². The maximum absolute atomic E-state index is 5.15. The van der Waals surface area contributed by atoms with E-state index in [1.807, 2.05) is 0 Å². The summed E-state index contributed by atoms with van der Waals surface area (Å²) in [7, 11) is 1.78. The second kappa shape index (κ2) is 11.2. The minimum Gasteiger partial charge on any atom is -0.385 e. The number of nitrogens with one attached hydrogen (secondary N) is 1. The molecule has 1 aromatic rings. The van der Waals surface area contributed by atoms with Crippen LogP contribution in [0.4, 0.5) is 0 Å². The Morgan fingerprint density at radius 1 is 1.10 bits per heavy atom. The minimum absolute atomic E-state index is 0.710. The van der Waals surface area contributed by atoms with Gasteiger partial charge in [0.1, 0.15) is 0 Å². The molecule has 0 saturated heterocycles. The van der Waals surface area contributed by atoms with Crippen molar-refractivity contribution in [1.29, 1.82) is 0 Å². The van der Waals surface area contributed by atoms with Gasteiger partial charge in [-0.2, -0.15) is 0 Å². The molecule has 0 radical (unpaired) electrons. The molecule has 21 heavy (non-hydrogen) atoms. The quantitative estimate of drug-likeness (QED) is 0.582. The Morgan fingerprint density at radius 3 is 2.43 bits per heavy atom. The van der Waals surface area contributed by atoms with Gasteiger partial charge in [0.25, 0.3) is 0 Å². The fraction of sp³-hybridized carbons (Fsp3) is 0.667. The number of unbranched alkanes of at least 4 members (excludes halogenated alkanes) is 1. The van der Waals surface area contributed by atoms with E-state index in [1.165, 1.54) is 18.4 Å². The second-order valence-electron chi connectivity index (χ2n) is 6.24. The average Bonchev–Trinajstić information content (AvgIpc) is 2.45. The molecule has 1 rings (SSSR count). The monoisotopic (exact) mass is 355 g/mol. The summed E-state index contributed by atoms with van der Waals surface area (Å²) in [4.78, 5) is 0. The highest BCUT2D eigenvalue weighted by atomic mass is 79.9. The summed E-state index contributed by atoms with van der Waals surface area (Å²) in [6.07, 6.45) is 4.84. The lowest BCUT2D eigenvalue weighted by molar-refractivity contribution is 0.190. The van der Waals surface area contributed by atoms with Gasteiger partial charge in [0.05, 0.1) is 0 Å². The molecule has 0 aromatic heterocycles. The molecule has 0 saturated carbocycles. The van der Waals surface area contributed by atoms with Gasteiger partial charge in [-0.15, -0.1) is 0 Å². The van der Waals surface area contributed by atoms with Gasteiger partial charge in [-0.25, -0.2) is 0 Å². The molecule has 0 aliphatic carbocycles. The number of ether oxygens (including phenoxy) is 1. The standard InChI is InChI=1S/C18H30BrNO/c1-15(2)13-20-14-17(6-4-5-11-21-3)12-16-7-9-18(19)10-8-16/h7-10,15,17,20H,4-6,11-14H2,1-3H3. The molecule has 0 heterocycles. The van der Waals surface area contributed by atoms with Crippen LogP contribution in [0.15, 0.2) is 28.7 Å². The molecule has 3 heteroatoms. The molecule has 0 aliphatic heterocycles. The highest BCUT2D eigenvalue weighted by Gasteiger charge is 2.10. The lowest BCUT2D eigenvalue weighted by Gasteiger charge is -2.19. The SMILES string of the molecule is COCCCCC(CNCC(C)C)Cc1ccc(Br)cc1. The Morgan fingerprint density at radius 2 is 1.81 bits per heavy atom. The summed E-state index contributed by atoms with van der Waals surface area (Å²) < 4.78 is 6.30. The van der Waals surface area contributed by atoms with Gasteiger partial charge in [0.2, 0.25) is 0 Å². The first kappa shape index (κ1) is 18.7. The first-order chi connectivity index (χ1) is 10.1. The van der Waals surface area contributed by atoms with Gasteiger partial charge >= 0.3 is 0 Å². The van der Waals surface area contributed by atoms with Crippen molar-refractivity contribution >= 4 is 15.9 Å². The van der Waals surface area contributed by atoms with E-state index in [0.29, 0.717) is 11.8 Å². The van der Waals surface area contributed by atoms with Crippen molar-refractivity contribution in [1.82, 2.24) is 5.32 Å². The normalized spacial score (nSPS) is 12.8. The average molecular weight is 356 g/mol. The molecule has 0 amide bonds. The van der Waals surface area contributed by atoms with Crippen LogP contribution in [0.1, 0.15) is 38.7 Å².